The lowest BCUT2D eigenvalue weighted by atomic mass is 10.2. The molecule has 21 heavy (non-hydrogen) atoms. The summed E-state index contributed by atoms with van der Waals surface area (Å²) in [6, 6.07) is 7.30. The molecular formula is C12H12F2N2O3S2. The molecule has 0 unspecified atom stereocenters. The van der Waals surface area contributed by atoms with Crippen molar-refractivity contribution in [3.05, 3.63) is 41.3 Å². The Balaban J connectivity index is 2.13. The van der Waals surface area contributed by atoms with Gasteiger partial charge in [0, 0.05) is 23.2 Å². The fraction of sp³-hybridized carbons (Fsp3) is 0.167. The van der Waals surface area contributed by atoms with Crippen LogP contribution in [0.15, 0.2) is 39.9 Å². The van der Waals surface area contributed by atoms with Crippen molar-refractivity contribution in [2.24, 2.45) is 0 Å². The zero-order valence-electron chi connectivity index (χ0n) is 10.6. The summed E-state index contributed by atoms with van der Waals surface area (Å²) in [6.45, 7) is -3.14. The lowest BCUT2D eigenvalue weighted by molar-refractivity contribution is -0.0504. The highest BCUT2D eigenvalue weighted by atomic mass is 32.2. The number of ether oxygens (including phenoxy) is 1. The van der Waals surface area contributed by atoms with E-state index in [1.54, 1.807) is 6.07 Å². The van der Waals surface area contributed by atoms with Crippen LogP contribution in [0.3, 0.4) is 0 Å². The van der Waals surface area contributed by atoms with Gasteiger partial charge in [-0.1, -0.05) is 18.2 Å². The number of benzene rings is 1. The quantitative estimate of drug-likeness (QED) is 0.850. The summed E-state index contributed by atoms with van der Waals surface area (Å²) in [6.07, 6.45) is 0. The van der Waals surface area contributed by atoms with Crippen molar-refractivity contribution in [3.63, 3.8) is 0 Å². The molecule has 0 aliphatic rings. The Morgan fingerprint density at radius 3 is 2.67 bits per heavy atom. The van der Waals surface area contributed by atoms with Crippen LogP contribution < -0.4 is 15.2 Å². The number of para-hydroxylation sites is 1. The van der Waals surface area contributed by atoms with Crippen LogP contribution in [0.2, 0.25) is 0 Å². The van der Waals surface area contributed by atoms with Crippen LogP contribution >= 0.6 is 11.3 Å². The first-order valence-corrected chi connectivity index (χ1v) is 8.11. The van der Waals surface area contributed by atoms with Gasteiger partial charge in [-0.2, -0.15) is 8.78 Å². The van der Waals surface area contributed by atoms with Gasteiger partial charge in [-0.05, 0) is 12.1 Å². The average Bonchev–Trinajstić information content (AvgIpc) is 2.85. The van der Waals surface area contributed by atoms with Gasteiger partial charge in [0.1, 0.15) is 9.96 Å². The number of alkyl halides is 2. The molecule has 1 aromatic carbocycles. The van der Waals surface area contributed by atoms with E-state index in [0.29, 0.717) is 11.3 Å². The van der Waals surface area contributed by atoms with Crippen LogP contribution in [0.5, 0.6) is 5.75 Å². The maximum absolute atomic E-state index is 12.3. The number of sulfonamides is 1. The zero-order chi connectivity index (χ0) is 15.5. The third-order valence-corrected chi connectivity index (χ3v) is 5.36. The van der Waals surface area contributed by atoms with E-state index in [2.05, 4.69) is 9.46 Å². The fourth-order valence-electron chi connectivity index (χ4n) is 1.58. The third-order valence-electron chi connectivity index (χ3n) is 2.50. The van der Waals surface area contributed by atoms with E-state index in [-0.39, 0.29) is 16.5 Å². The maximum atomic E-state index is 12.3. The predicted molar refractivity (Wildman–Crippen MR) is 75.8 cm³/mol. The lowest BCUT2D eigenvalue weighted by Gasteiger charge is -2.11. The topological polar surface area (TPSA) is 81.4 Å². The SMILES string of the molecule is Nc1csc(S(=O)(=O)NCc2ccccc2OC(F)F)c1. The highest BCUT2D eigenvalue weighted by molar-refractivity contribution is 7.91. The second kappa shape index (κ2) is 6.37. The van der Waals surface area contributed by atoms with Gasteiger partial charge in [-0.25, -0.2) is 13.1 Å². The molecular weight excluding hydrogens is 322 g/mol. The molecule has 2 aromatic rings. The van der Waals surface area contributed by atoms with Crippen molar-refractivity contribution < 1.29 is 21.9 Å². The van der Waals surface area contributed by atoms with Crippen LogP contribution in [0.25, 0.3) is 0 Å². The molecule has 0 radical (unpaired) electrons. The van der Waals surface area contributed by atoms with Crippen molar-refractivity contribution in [2.45, 2.75) is 17.4 Å². The second-order valence-corrected chi connectivity index (χ2v) is 6.91. The predicted octanol–water partition coefficient (Wildman–Crippen LogP) is 2.41. The smallest absolute Gasteiger partial charge is 0.387 e. The molecule has 0 saturated carbocycles. The molecule has 0 aliphatic carbocycles. The summed E-state index contributed by atoms with van der Waals surface area (Å²) in [5.74, 6) is -0.0686. The number of thiophene rings is 1. The molecule has 0 amide bonds. The summed E-state index contributed by atoms with van der Waals surface area (Å²) in [5.41, 5.74) is 6.14. The molecule has 114 valence electrons. The van der Waals surface area contributed by atoms with Crippen molar-refractivity contribution in [3.8, 4) is 5.75 Å². The van der Waals surface area contributed by atoms with E-state index >= 15 is 0 Å². The maximum Gasteiger partial charge on any atom is 0.387 e. The minimum Gasteiger partial charge on any atom is -0.434 e. The van der Waals surface area contributed by atoms with E-state index in [0.717, 1.165) is 11.3 Å². The van der Waals surface area contributed by atoms with Crippen LogP contribution in [0.4, 0.5) is 14.5 Å². The van der Waals surface area contributed by atoms with Crippen LogP contribution in [-0.2, 0) is 16.6 Å². The molecule has 0 saturated heterocycles. The zero-order valence-corrected chi connectivity index (χ0v) is 12.3. The molecule has 1 aromatic heterocycles. The van der Waals surface area contributed by atoms with Crippen molar-refractivity contribution >= 4 is 27.0 Å². The lowest BCUT2D eigenvalue weighted by Crippen LogP contribution is -2.23. The Morgan fingerprint density at radius 2 is 2.05 bits per heavy atom. The monoisotopic (exact) mass is 334 g/mol. The van der Waals surface area contributed by atoms with Crippen LogP contribution in [-0.4, -0.2) is 15.0 Å². The summed E-state index contributed by atoms with van der Waals surface area (Å²) in [5, 5.41) is 1.50. The molecule has 9 heteroatoms. The van der Waals surface area contributed by atoms with Gasteiger partial charge in [0.05, 0.1) is 0 Å². The summed E-state index contributed by atoms with van der Waals surface area (Å²) in [4.78, 5) is 0. The Hall–Kier alpha value is -1.71. The van der Waals surface area contributed by atoms with Gasteiger partial charge in [0.25, 0.3) is 0 Å². The molecule has 1 heterocycles. The van der Waals surface area contributed by atoms with E-state index in [4.69, 9.17) is 5.73 Å². The Morgan fingerprint density at radius 1 is 1.33 bits per heavy atom. The summed E-state index contributed by atoms with van der Waals surface area (Å²) < 4.78 is 55.3. The van der Waals surface area contributed by atoms with Gasteiger partial charge in [0.2, 0.25) is 10.0 Å². The van der Waals surface area contributed by atoms with E-state index in [1.807, 2.05) is 0 Å². The molecule has 0 aliphatic heterocycles. The summed E-state index contributed by atoms with van der Waals surface area (Å²) in [7, 11) is -3.74. The number of hydrogen-bond acceptors (Lipinski definition) is 5. The van der Waals surface area contributed by atoms with Gasteiger partial charge in [0.15, 0.2) is 0 Å². The largest absolute Gasteiger partial charge is 0.434 e. The average molecular weight is 334 g/mol. The Bertz CT molecular complexity index is 717. The minimum atomic E-state index is -3.74. The summed E-state index contributed by atoms with van der Waals surface area (Å²) >= 11 is 0.980. The highest BCUT2D eigenvalue weighted by Crippen LogP contribution is 2.23. The normalized spacial score (nSPS) is 11.8. The number of nitrogen functional groups attached to an aromatic ring is 1. The van der Waals surface area contributed by atoms with E-state index < -0.39 is 16.6 Å². The molecule has 0 spiro atoms. The van der Waals surface area contributed by atoms with Crippen molar-refractivity contribution in [1.29, 1.82) is 0 Å². The number of rotatable bonds is 6. The van der Waals surface area contributed by atoms with Gasteiger partial charge in [-0.15, -0.1) is 11.3 Å². The Labute approximate surface area is 124 Å². The standard InChI is InChI=1S/C12H12F2N2O3S2/c13-12(14)19-10-4-2-1-3-8(10)6-16-21(17,18)11-5-9(15)7-20-11/h1-5,7,12,16H,6,15H2. The fourth-order valence-corrected chi connectivity index (χ4v) is 3.71. The number of hydrogen-bond donors (Lipinski definition) is 2. The van der Waals surface area contributed by atoms with Crippen LogP contribution in [0, 0.1) is 0 Å². The molecule has 3 N–H and O–H groups in total. The van der Waals surface area contributed by atoms with Gasteiger partial charge in [-0.3, -0.25) is 0 Å². The van der Waals surface area contributed by atoms with E-state index in [1.165, 1.54) is 29.6 Å². The van der Waals surface area contributed by atoms with Gasteiger partial charge < -0.3 is 10.5 Å². The number of nitrogens with one attached hydrogen (secondary N) is 1. The molecule has 0 fully saturated rings. The molecule has 0 bridgehead atoms. The molecule has 2 rings (SSSR count). The number of halogens is 2. The first kappa shape index (κ1) is 15.7. The van der Waals surface area contributed by atoms with Crippen molar-refractivity contribution in [1.82, 2.24) is 4.72 Å². The molecule has 5 nitrogen and oxygen atoms in total. The van der Waals surface area contributed by atoms with Crippen molar-refractivity contribution in [2.75, 3.05) is 5.73 Å². The van der Waals surface area contributed by atoms with Gasteiger partial charge >= 0.3 is 6.61 Å². The number of nitrogens with two attached hydrogens (primary N) is 1. The second-order valence-electron chi connectivity index (χ2n) is 4.01. The first-order valence-electron chi connectivity index (χ1n) is 5.75. The first-order chi connectivity index (χ1) is 9.88. The van der Waals surface area contributed by atoms with Crippen LogP contribution in [0.1, 0.15) is 5.56 Å². The molecule has 0 atom stereocenters. The Kier molecular flexibility index (Phi) is 4.76. The van der Waals surface area contributed by atoms with E-state index in [9.17, 15) is 17.2 Å². The third kappa shape index (κ3) is 4.13. The number of anilines is 1. The minimum absolute atomic E-state index is 0.0623. The highest BCUT2D eigenvalue weighted by Gasteiger charge is 2.17.